The van der Waals surface area contributed by atoms with E-state index in [4.69, 9.17) is 0 Å². The molecule has 0 amide bonds. The van der Waals surface area contributed by atoms with Gasteiger partial charge in [0.25, 0.3) is 10.0 Å². The van der Waals surface area contributed by atoms with Gasteiger partial charge in [0.15, 0.2) is 0 Å². The van der Waals surface area contributed by atoms with Crippen LogP contribution < -0.4 is 0 Å². The van der Waals surface area contributed by atoms with E-state index in [9.17, 15) is 13.5 Å². The first kappa shape index (κ1) is 17.7. The van der Waals surface area contributed by atoms with Crippen LogP contribution in [0.4, 0.5) is 0 Å². The lowest BCUT2D eigenvalue weighted by molar-refractivity contribution is 0.156. The van der Waals surface area contributed by atoms with Gasteiger partial charge in [-0.2, -0.15) is 0 Å². The first-order valence-corrected chi connectivity index (χ1v) is 10.6. The van der Waals surface area contributed by atoms with Gasteiger partial charge in [-0.3, -0.25) is 0 Å². The predicted octanol–water partition coefficient (Wildman–Crippen LogP) is 3.61. The summed E-state index contributed by atoms with van der Waals surface area (Å²) < 4.78 is 28.5. The van der Waals surface area contributed by atoms with Gasteiger partial charge in [-0.25, -0.2) is 12.4 Å². The average Bonchev–Trinajstić information content (AvgIpc) is 3.04. The molecule has 1 aliphatic heterocycles. The maximum Gasteiger partial charge on any atom is 0.269 e. The number of para-hydroxylation sites is 1. The Morgan fingerprint density at radius 1 is 1.19 bits per heavy atom. The van der Waals surface area contributed by atoms with Crippen LogP contribution in [-0.2, 0) is 10.0 Å². The topological polar surface area (TPSA) is 62.5 Å². The summed E-state index contributed by atoms with van der Waals surface area (Å²) in [6.45, 7) is 0.707. The molecule has 26 heavy (non-hydrogen) atoms. The van der Waals surface area contributed by atoms with Crippen LogP contribution in [0.2, 0.25) is 0 Å². The third-order valence-electron chi connectivity index (χ3n) is 4.77. The molecule has 4 rings (SSSR count). The highest BCUT2D eigenvalue weighted by atomic mass is 79.9. The highest BCUT2D eigenvalue weighted by Crippen LogP contribution is 2.48. The molecule has 5 nitrogen and oxygen atoms in total. The zero-order valence-electron chi connectivity index (χ0n) is 14.5. The van der Waals surface area contributed by atoms with Gasteiger partial charge in [-0.05, 0) is 44.8 Å². The molecule has 0 saturated heterocycles. The molecule has 1 N–H and O–H groups in total. The van der Waals surface area contributed by atoms with E-state index in [0.29, 0.717) is 35.3 Å². The molecule has 1 aliphatic rings. The smallest absolute Gasteiger partial charge is 0.269 e. The van der Waals surface area contributed by atoms with Crippen LogP contribution in [0, 0.1) is 0 Å². The van der Waals surface area contributed by atoms with Gasteiger partial charge in [0.2, 0.25) is 0 Å². The van der Waals surface area contributed by atoms with Gasteiger partial charge in [0.05, 0.1) is 22.2 Å². The minimum absolute atomic E-state index is 0.280. The Hall–Kier alpha value is -1.67. The quantitative estimate of drug-likeness (QED) is 0.532. The lowest BCUT2D eigenvalue weighted by Gasteiger charge is -2.15. The summed E-state index contributed by atoms with van der Waals surface area (Å²) in [5.41, 5.74) is 2.50. The molecule has 0 fully saturated rings. The van der Waals surface area contributed by atoms with Gasteiger partial charge >= 0.3 is 0 Å². The molecule has 1 unspecified atom stereocenters. The van der Waals surface area contributed by atoms with Crippen molar-refractivity contribution in [1.29, 1.82) is 0 Å². The fourth-order valence-corrected chi connectivity index (χ4v) is 5.70. The molecule has 1 aromatic heterocycles. The van der Waals surface area contributed by atoms with Crippen molar-refractivity contribution in [2.75, 3.05) is 20.6 Å². The summed E-state index contributed by atoms with van der Waals surface area (Å²) in [5.74, 6) is 0. The van der Waals surface area contributed by atoms with Gasteiger partial charge in [-0.1, -0.05) is 34.1 Å². The summed E-state index contributed by atoms with van der Waals surface area (Å²) in [7, 11) is 0.223. The number of aliphatic hydroxyl groups excluding tert-OH is 1. The fourth-order valence-electron chi connectivity index (χ4n) is 3.61. The van der Waals surface area contributed by atoms with Crippen LogP contribution in [0.3, 0.4) is 0 Å². The second kappa shape index (κ2) is 6.20. The highest BCUT2D eigenvalue weighted by molar-refractivity contribution is 9.10. The highest BCUT2D eigenvalue weighted by Gasteiger charge is 2.38. The Labute approximate surface area is 161 Å². The van der Waals surface area contributed by atoms with Gasteiger partial charge in [0.1, 0.15) is 0 Å². The van der Waals surface area contributed by atoms with E-state index in [2.05, 4.69) is 15.9 Å². The van der Waals surface area contributed by atoms with Gasteiger partial charge in [0, 0.05) is 27.5 Å². The Bertz CT molecular complexity index is 1120. The van der Waals surface area contributed by atoms with Crippen molar-refractivity contribution in [3.05, 3.63) is 52.5 Å². The van der Waals surface area contributed by atoms with E-state index in [1.807, 2.05) is 43.3 Å². The number of hydrogen-bond donors (Lipinski definition) is 1. The largest absolute Gasteiger partial charge is 0.388 e. The van der Waals surface area contributed by atoms with Crippen molar-refractivity contribution in [2.24, 2.45) is 0 Å². The average molecular weight is 435 g/mol. The van der Waals surface area contributed by atoms with E-state index in [-0.39, 0.29) is 4.90 Å². The van der Waals surface area contributed by atoms with Crippen molar-refractivity contribution >= 4 is 36.9 Å². The zero-order chi connectivity index (χ0) is 18.6. The summed E-state index contributed by atoms with van der Waals surface area (Å²) >= 11 is 3.44. The summed E-state index contributed by atoms with van der Waals surface area (Å²) in [6, 6.07) is 12.5. The van der Waals surface area contributed by atoms with Crippen LogP contribution in [0.25, 0.3) is 22.2 Å². The monoisotopic (exact) mass is 434 g/mol. The molecule has 3 aromatic rings. The normalized spacial score (nSPS) is 16.0. The standard InChI is InChI=1S/C19H19BrN2O3S/c1-21(2)10-9-16(23)18-13-5-3-4-6-15(13)22-19(18)14-11-12(20)7-8-17(14)26(22,24)25/h3-8,11,16,23H,9-10H2,1-2H3. The second-order valence-electron chi connectivity index (χ2n) is 6.80. The molecular formula is C19H19BrN2O3S. The first-order chi connectivity index (χ1) is 12.3. The third kappa shape index (κ3) is 2.53. The lowest BCUT2D eigenvalue weighted by atomic mass is 9.98. The summed E-state index contributed by atoms with van der Waals surface area (Å²) in [4.78, 5) is 2.28. The van der Waals surface area contributed by atoms with Crippen molar-refractivity contribution in [2.45, 2.75) is 17.4 Å². The molecule has 0 aliphatic carbocycles. The van der Waals surface area contributed by atoms with E-state index in [1.165, 1.54) is 3.97 Å². The Kier molecular flexibility index (Phi) is 4.23. The molecule has 0 bridgehead atoms. The minimum Gasteiger partial charge on any atom is -0.388 e. The van der Waals surface area contributed by atoms with Crippen LogP contribution in [0.5, 0.6) is 0 Å². The number of rotatable bonds is 4. The zero-order valence-corrected chi connectivity index (χ0v) is 16.9. The molecule has 7 heteroatoms. The minimum atomic E-state index is -3.68. The molecule has 2 aromatic carbocycles. The number of fused-ring (bicyclic) bond motifs is 5. The number of aliphatic hydroxyl groups is 1. The molecule has 0 radical (unpaired) electrons. The van der Waals surface area contributed by atoms with Crippen molar-refractivity contribution < 1.29 is 13.5 Å². The number of nitrogens with zero attached hydrogens (tertiary/aromatic N) is 2. The maximum atomic E-state index is 13.2. The molecule has 0 saturated carbocycles. The summed E-state index contributed by atoms with van der Waals surface area (Å²) in [5, 5.41) is 11.7. The molecule has 1 atom stereocenters. The van der Waals surface area contributed by atoms with E-state index in [1.54, 1.807) is 18.2 Å². The first-order valence-electron chi connectivity index (χ1n) is 8.34. The fraction of sp³-hybridized carbons (Fsp3) is 0.263. The molecular weight excluding hydrogens is 416 g/mol. The van der Waals surface area contributed by atoms with Crippen LogP contribution in [-0.4, -0.2) is 43.0 Å². The van der Waals surface area contributed by atoms with Crippen LogP contribution in [0.15, 0.2) is 51.8 Å². The second-order valence-corrected chi connectivity index (χ2v) is 9.47. The van der Waals surface area contributed by atoms with Crippen LogP contribution in [0.1, 0.15) is 18.1 Å². The summed E-state index contributed by atoms with van der Waals surface area (Å²) in [6.07, 6.45) is -0.226. The molecule has 136 valence electrons. The van der Waals surface area contributed by atoms with E-state index >= 15 is 0 Å². The molecule has 2 heterocycles. The Morgan fingerprint density at radius 3 is 2.65 bits per heavy atom. The van der Waals surface area contributed by atoms with Crippen molar-refractivity contribution in [3.8, 4) is 11.3 Å². The number of aromatic nitrogens is 1. The van der Waals surface area contributed by atoms with Gasteiger partial charge < -0.3 is 10.0 Å². The molecule has 0 spiro atoms. The Balaban J connectivity index is 2.05. The number of hydrogen-bond acceptors (Lipinski definition) is 4. The van der Waals surface area contributed by atoms with E-state index in [0.717, 1.165) is 9.86 Å². The number of halogens is 1. The predicted molar refractivity (Wildman–Crippen MR) is 106 cm³/mol. The van der Waals surface area contributed by atoms with Gasteiger partial charge in [-0.15, -0.1) is 0 Å². The van der Waals surface area contributed by atoms with Crippen LogP contribution >= 0.6 is 15.9 Å². The SMILES string of the molecule is CN(C)CCC(O)c1c2n(c3ccccc13)S(=O)(=O)c1ccc(Br)cc1-2. The lowest BCUT2D eigenvalue weighted by Crippen LogP contribution is -2.16. The maximum absolute atomic E-state index is 13.2. The Morgan fingerprint density at radius 2 is 1.92 bits per heavy atom. The third-order valence-corrected chi connectivity index (χ3v) is 7.03. The number of benzene rings is 2. The van der Waals surface area contributed by atoms with Crippen molar-refractivity contribution in [3.63, 3.8) is 0 Å². The van der Waals surface area contributed by atoms with E-state index < -0.39 is 16.1 Å². The van der Waals surface area contributed by atoms with Crippen molar-refractivity contribution in [1.82, 2.24) is 8.87 Å².